The van der Waals surface area contributed by atoms with Gasteiger partial charge in [-0.1, -0.05) is 37.3 Å². The Balaban J connectivity index is 0.985. The molecule has 4 fully saturated rings. The topological polar surface area (TPSA) is 134 Å². The van der Waals surface area contributed by atoms with E-state index in [0.29, 0.717) is 29.6 Å². The van der Waals surface area contributed by atoms with Crippen molar-refractivity contribution in [2.24, 2.45) is 16.2 Å². The number of aromatic carboxylic acids is 1. The molecule has 4 bridgehead atoms. The van der Waals surface area contributed by atoms with Gasteiger partial charge in [-0.25, -0.2) is 14.8 Å². The lowest BCUT2D eigenvalue weighted by Crippen LogP contribution is -2.64. The second kappa shape index (κ2) is 13.1. The van der Waals surface area contributed by atoms with Crippen LogP contribution in [0.25, 0.3) is 21.3 Å². The van der Waals surface area contributed by atoms with Crippen LogP contribution >= 0.6 is 11.3 Å². The van der Waals surface area contributed by atoms with Crippen LogP contribution in [0.3, 0.4) is 0 Å². The van der Waals surface area contributed by atoms with Gasteiger partial charge >= 0.3 is 5.97 Å². The van der Waals surface area contributed by atoms with Crippen LogP contribution in [0.15, 0.2) is 42.6 Å². The standard InChI is InChI=1S/C42H51N9O3S/c1-26-28-10-9-15-50(36(28)48-47-35(26)46-38-44-31-11-7-8-12-32(31)55-38)33-14-13-29(34(45-33)37(52)53)30-18-43-51(27(30)2)25-41-20-39(3)19-40(4,21-41)23-42(22-39,24-41)54-17-16-49(5)6/h7-8,11-14,18H,9-10,15-17,19-25H2,1-6H3,(H,52,53)(H,44,46,47). The van der Waals surface area contributed by atoms with Crippen molar-refractivity contribution in [2.75, 3.05) is 44.0 Å². The number of aromatic nitrogens is 6. The molecule has 1 aromatic carbocycles. The molecule has 55 heavy (non-hydrogen) atoms. The number of carboxylic acids is 1. The molecule has 0 radical (unpaired) electrons. The SMILES string of the molecule is Cc1c(Nc2nc3ccccc3s2)nnc2c1CCCN2c1ccc(-c2cnn(CC34CC5(C)CC(C)(C3)CC(OCCN(C)C)(C5)C4)c2C)c(C(=O)O)n1. The number of pyridine rings is 1. The molecule has 0 amide bonds. The highest BCUT2D eigenvalue weighted by molar-refractivity contribution is 7.22. The van der Waals surface area contributed by atoms with Crippen molar-refractivity contribution in [2.45, 2.75) is 91.2 Å². The van der Waals surface area contributed by atoms with E-state index in [-0.39, 0.29) is 27.5 Å². The first-order chi connectivity index (χ1) is 26.2. The Morgan fingerprint density at radius 2 is 1.76 bits per heavy atom. The Hall–Kier alpha value is -4.46. The largest absolute Gasteiger partial charge is 0.476 e. The highest BCUT2D eigenvalue weighted by Crippen LogP contribution is 2.72. The molecule has 0 spiro atoms. The third-order valence-corrected chi connectivity index (χ3v) is 13.7. The first-order valence-corrected chi connectivity index (χ1v) is 20.4. The third-order valence-electron chi connectivity index (χ3n) is 12.7. The van der Waals surface area contributed by atoms with Crippen molar-refractivity contribution >= 4 is 50.1 Å². The van der Waals surface area contributed by atoms with E-state index in [1.165, 1.54) is 19.3 Å². The van der Waals surface area contributed by atoms with Gasteiger partial charge in [0.15, 0.2) is 22.5 Å². The van der Waals surface area contributed by atoms with Gasteiger partial charge < -0.3 is 25.0 Å². The summed E-state index contributed by atoms with van der Waals surface area (Å²) in [6, 6.07) is 11.8. The summed E-state index contributed by atoms with van der Waals surface area (Å²) in [7, 11) is 4.21. The van der Waals surface area contributed by atoms with Gasteiger partial charge in [0.25, 0.3) is 0 Å². The van der Waals surface area contributed by atoms with Crippen LogP contribution in [-0.2, 0) is 17.7 Å². The number of carbonyl (C=O) groups is 1. The second-order valence-electron chi connectivity index (χ2n) is 18.0. The quantitative estimate of drug-likeness (QED) is 0.135. The molecule has 4 aromatic heterocycles. The van der Waals surface area contributed by atoms with Crippen LogP contribution in [0, 0.1) is 30.1 Å². The van der Waals surface area contributed by atoms with Crippen molar-refractivity contribution in [3.05, 3.63) is 65.1 Å². The van der Waals surface area contributed by atoms with Crippen LogP contribution in [0.2, 0.25) is 0 Å². The van der Waals surface area contributed by atoms with Crippen LogP contribution in [0.1, 0.15) is 86.1 Å². The first kappa shape index (κ1) is 36.2. The van der Waals surface area contributed by atoms with Gasteiger partial charge in [0.2, 0.25) is 0 Å². The first-order valence-electron chi connectivity index (χ1n) is 19.6. The predicted octanol–water partition coefficient (Wildman–Crippen LogP) is 8.19. The maximum Gasteiger partial charge on any atom is 0.355 e. The molecule has 4 saturated carbocycles. The number of rotatable bonds is 11. The number of thiazole rings is 1. The average molecular weight is 762 g/mol. The minimum absolute atomic E-state index is 0.00847. The molecule has 288 valence electrons. The van der Waals surface area contributed by atoms with Crippen LogP contribution in [-0.4, -0.2) is 85.3 Å². The molecule has 2 N–H and O–H groups in total. The predicted molar refractivity (Wildman–Crippen MR) is 216 cm³/mol. The van der Waals surface area contributed by atoms with E-state index in [9.17, 15) is 9.90 Å². The van der Waals surface area contributed by atoms with E-state index >= 15 is 0 Å². The van der Waals surface area contributed by atoms with Crippen LogP contribution < -0.4 is 10.2 Å². The maximum atomic E-state index is 12.9. The fraction of sp³-hybridized carbons (Fsp3) is 0.524. The molecule has 5 heterocycles. The lowest BCUT2D eigenvalue weighted by atomic mass is 9.39. The number of fused-ring (bicyclic) bond motifs is 2. The maximum absolute atomic E-state index is 12.9. The van der Waals surface area contributed by atoms with Crippen molar-refractivity contribution in [3.63, 3.8) is 0 Å². The summed E-state index contributed by atoms with van der Waals surface area (Å²) < 4.78 is 10.1. The summed E-state index contributed by atoms with van der Waals surface area (Å²) in [5, 5.41) is 28.9. The summed E-state index contributed by atoms with van der Waals surface area (Å²) in [6.07, 6.45) is 10.4. The van der Waals surface area contributed by atoms with E-state index in [0.717, 1.165) is 89.5 Å². The Morgan fingerprint density at radius 3 is 2.51 bits per heavy atom. The van der Waals surface area contributed by atoms with Gasteiger partial charge in [0.1, 0.15) is 5.82 Å². The molecule has 13 heteroatoms. The van der Waals surface area contributed by atoms with Crippen molar-refractivity contribution in [1.82, 2.24) is 34.8 Å². The lowest BCUT2D eigenvalue weighted by Gasteiger charge is -2.69. The fourth-order valence-corrected chi connectivity index (χ4v) is 12.6. The number of para-hydroxylation sites is 1. The van der Waals surface area contributed by atoms with E-state index in [4.69, 9.17) is 19.8 Å². The molecule has 2 atom stereocenters. The summed E-state index contributed by atoms with van der Waals surface area (Å²) in [5.74, 6) is 0.853. The normalized spacial score (nSPS) is 26.9. The van der Waals surface area contributed by atoms with Crippen LogP contribution in [0.4, 0.5) is 22.6 Å². The molecular weight excluding hydrogens is 711 g/mol. The Morgan fingerprint density at radius 1 is 0.982 bits per heavy atom. The molecule has 5 aliphatic rings. The monoisotopic (exact) mass is 761 g/mol. The van der Waals surface area contributed by atoms with Gasteiger partial charge in [-0.05, 0) is 120 Å². The average Bonchev–Trinajstić information content (AvgIpc) is 3.69. The Bertz CT molecular complexity index is 2270. The van der Waals surface area contributed by atoms with E-state index in [2.05, 4.69) is 73.0 Å². The molecule has 2 unspecified atom stereocenters. The van der Waals surface area contributed by atoms with Crippen molar-refractivity contribution < 1.29 is 14.6 Å². The summed E-state index contributed by atoms with van der Waals surface area (Å²) in [5.41, 5.74) is 5.82. The van der Waals surface area contributed by atoms with Gasteiger partial charge in [-0.2, -0.15) is 5.10 Å². The molecule has 1 aliphatic heterocycles. The minimum atomic E-state index is -1.07. The number of nitrogens with zero attached hydrogens (tertiary/aromatic N) is 8. The number of anilines is 4. The third kappa shape index (κ3) is 6.47. The smallest absolute Gasteiger partial charge is 0.355 e. The number of ether oxygens (including phenoxy) is 1. The molecule has 10 rings (SSSR count). The fourth-order valence-electron chi connectivity index (χ4n) is 11.7. The van der Waals surface area contributed by atoms with Gasteiger partial charge in [-0.3, -0.25) is 4.68 Å². The number of benzene rings is 1. The minimum Gasteiger partial charge on any atom is -0.476 e. The number of hydrogen-bond donors (Lipinski definition) is 2. The van der Waals surface area contributed by atoms with E-state index < -0.39 is 5.97 Å². The molecule has 0 saturated heterocycles. The number of hydrogen-bond acceptors (Lipinski definition) is 11. The number of nitrogens with one attached hydrogen (secondary N) is 1. The zero-order valence-electron chi connectivity index (χ0n) is 32.8. The van der Waals surface area contributed by atoms with Gasteiger partial charge in [-0.15, -0.1) is 10.2 Å². The molecule has 12 nitrogen and oxygen atoms in total. The van der Waals surface area contributed by atoms with E-state index in [1.807, 2.05) is 41.4 Å². The Labute approximate surface area is 326 Å². The van der Waals surface area contributed by atoms with Crippen LogP contribution in [0.5, 0.6) is 0 Å². The van der Waals surface area contributed by atoms with Crippen molar-refractivity contribution in [3.8, 4) is 11.1 Å². The Kier molecular flexibility index (Phi) is 8.59. The summed E-state index contributed by atoms with van der Waals surface area (Å²) in [6.45, 7) is 12.2. The summed E-state index contributed by atoms with van der Waals surface area (Å²) in [4.78, 5) is 26.6. The van der Waals surface area contributed by atoms with E-state index in [1.54, 1.807) is 11.3 Å². The highest BCUT2D eigenvalue weighted by atomic mass is 32.1. The second-order valence-corrected chi connectivity index (χ2v) is 19.1. The van der Waals surface area contributed by atoms with Gasteiger partial charge in [0, 0.05) is 47.6 Å². The summed E-state index contributed by atoms with van der Waals surface area (Å²) >= 11 is 1.58. The number of carboxylic acid groups (broad SMARTS) is 1. The highest BCUT2D eigenvalue weighted by Gasteiger charge is 2.66. The molecule has 4 aliphatic carbocycles. The van der Waals surface area contributed by atoms with Crippen molar-refractivity contribution in [1.29, 1.82) is 0 Å². The zero-order chi connectivity index (χ0) is 38.3. The zero-order valence-corrected chi connectivity index (χ0v) is 33.6. The molecular formula is C42H51N9O3S. The van der Waals surface area contributed by atoms with Gasteiger partial charge in [0.05, 0.1) is 28.6 Å². The lowest BCUT2D eigenvalue weighted by molar-refractivity contribution is -0.248. The number of likely N-dealkylation sites (N-methyl/N-ethyl adjacent to an activating group) is 1. The molecule has 5 aromatic rings.